The summed E-state index contributed by atoms with van der Waals surface area (Å²) in [7, 11) is 0. The van der Waals surface area contributed by atoms with Crippen molar-refractivity contribution in [3.05, 3.63) is 30.3 Å². The molecule has 47 valence electrons. The molecule has 0 N–H and O–H groups in total. The fourth-order valence-electron chi connectivity index (χ4n) is 0.536. The number of hydrogen-bond acceptors (Lipinski definition) is 2. The van der Waals surface area contributed by atoms with Gasteiger partial charge in [-0.25, -0.2) is 0 Å². The zero-order valence-corrected chi connectivity index (χ0v) is 5.77. The van der Waals surface area contributed by atoms with E-state index in [4.69, 9.17) is 4.74 Å². The van der Waals surface area contributed by atoms with Crippen molar-refractivity contribution in [3.8, 4) is 5.75 Å². The second-order valence-electron chi connectivity index (χ2n) is 1.50. The van der Waals surface area contributed by atoms with Crippen LogP contribution < -0.4 is 4.74 Å². The van der Waals surface area contributed by atoms with E-state index in [0.717, 1.165) is 5.75 Å². The van der Waals surface area contributed by atoms with E-state index in [2.05, 4.69) is 18.7 Å². The third-order valence-electron chi connectivity index (χ3n) is 0.901. The van der Waals surface area contributed by atoms with Crippen LogP contribution in [0.15, 0.2) is 24.3 Å². The molecule has 0 bridgehead atoms. The lowest BCUT2D eigenvalue weighted by Gasteiger charge is -1.97. The molecule has 2 heteroatoms. The lowest BCUT2D eigenvalue weighted by Crippen LogP contribution is -1.87. The maximum Gasteiger partial charge on any atom is 0.131 e. The second-order valence-corrected chi connectivity index (χ2v) is 1.76. The Balaban J connectivity index is 2.61. The molecule has 1 nitrogen and oxygen atoms in total. The number of para-hydroxylation sites is 1. The molecule has 0 fully saturated rings. The molecule has 0 atom stereocenters. The highest BCUT2D eigenvalue weighted by atomic mass is 32.1. The summed E-state index contributed by atoms with van der Waals surface area (Å²) in [6.07, 6.45) is 0. The fraction of sp³-hybridized carbons (Fsp3) is 0.143. The Labute approximate surface area is 60.1 Å². The van der Waals surface area contributed by atoms with Gasteiger partial charge in [0.2, 0.25) is 0 Å². The lowest BCUT2D eigenvalue weighted by molar-refractivity contribution is 0.394. The minimum Gasteiger partial charge on any atom is -0.483 e. The summed E-state index contributed by atoms with van der Waals surface area (Å²) in [6, 6.07) is 10.3. The Morgan fingerprint density at radius 3 is 3.00 bits per heavy atom. The van der Waals surface area contributed by atoms with Crippen LogP contribution in [0.4, 0.5) is 0 Å². The van der Waals surface area contributed by atoms with Crippen molar-refractivity contribution in [3.63, 3.8) is 0 Å². The first-order valence-corrected chi connectivity index (χ1v) is 3.27. The zero-order valence-electron chi connectivity index (χ0n) is 4.87. The smallest absolute Gasteiger partial charge is 0.131 e. The third kappa shape index (κ3) is 1.98. The van der Waals surface area contributed by atoms with Crippen LogP contribution in [0, 0.1) is 6.07 Å². The van der Waals surface area contributed by atoms with Crippen LogP contribution in [0.3, 0.4) is 0 Å². The normalized spacial score (nSPS) is 9.00. The van der Waals surface area contributed by atoms with Gasteiger partial charge in [0.1, 0.15) is 11.7 Å². The second kappa shape index (κ2) is 3.41. The highest BCUT2D eigenvalue weighted by molar-refractivity contribution is 7.80. The summed E-state index contributed by atoms with van der Waals surface area (Å²) in [5.41, 5.74) is 0. The highest BCUT2D eigenvalue weighted by Gasteiger charge is 1.85. The monoisotopic (exact) mass is 139 g/mol. The van der Waals surface area contributed by atoms with Gasteiger partial charge < -0.3 is 4.74 Å². The number of ether oxygens (including phenoxy) is 1. The molecule has 9 heavy (non-hydrogen) atoms. The molecule has 0 aliphatic carbocycles. The molecule has 0 saturated heterocycles. The Morgan fingerprint density at radius 2 is 2.44 bits per heavy atom. The summed E-state index contributed by atoms with van der Waals surface area (Å²) in [4.78, 5) is 0. The Hall–Kier alpha value is -0.630. The first kappa shape index (κ1) is 6.49. The van der Waals surface area contributed by atoms with Crippen LogP contribution in [0.25, 0.3) is 0 Å². The molecule has 1 aromatic carbocycles. The van der Waals surface area contributed by atoms with E-state index in [1.165, 1.54) is 0 Å². The van der Waals surface area contributed by atoms with Crippen molar-refractivity contribution in [2.24, 2.45) is 0 Å². The third-order valence-corrected chi connectivity index (χ3v) is 1.03. The van der Waals surface area contributed by atoms with Crippen LogP contribution >= 0.6 is 12.6 Å². The van der Waals surface area contributed by atoms with E-state index >= 15 is 0 Å². The molecule has 0 saturated carbocycles. The van der Waals surface area contributed by atoms with E-state index in [-0.39, 0.29) is 0 Å². The first-order valence-electron chi connectivity index (χ1n) is 2.64. The minimum absolute atomic E-state index is 0.403. The predicted molar refractivity (Wildman–Crippen MR) is 39.8 cm³/mol. The number of hydrogen-bond donors (Lipinski definition) is 1. The standard InChI is InChI=1S/C7H7OS/c9-6-8-7-4-2-1-3-5-7/h1-4,9H,6H2. The molecular weight excluding hydrogens is 132 g/mol. The maximum absolute atomic E-state index is 5.01. The van der Waals surface area contributed by atoms with Crippen LogP contribution in [0.2, 0.25) is 0 Å². The van der Waals surface area contributed by atoms with Crippen molar-refractivity contribution < 1.29 is 4.74 Å². The molecule has 0 spiro atoms. The van der Waals surface area contributed by atoms with Crippen molar-refractivity contribution in [2.45, 2.75) is 0 Å². The van der Waals surface area contributed by atoms with Gasteiger partial charge in [-0.1, -0.05) is 18.2 Å². The van der Waals surface area contributed by atoms with E-state index < -0.39 is 0 Å². The van der Waals surface area contributed by atoms with Crippen molar-refractivity contribution in [1.82, 2.24) is 0 Å². The summed E-state index contributed by atoms with van der Waals surface area (Å²) >= 11 is 3.89. The quantitative estimate of drug-likeness (QED) is 0.485. The van der Waals surface area contributed by atoms with Gasteiger partial charge in [-0.15, -0.1) is 12.6 Å². The van der Waals surface area contributed by atoms with Crippen LogP contribution in [0.5, 0.6) is 5.75 Å². The van der Waals surface area contributed by atoms with Gasteiger partial charge in [0.15, 0.2) is 0 Å². The average molecular weight is 139 g/mol. The molecular formula is C7H7OS. The van der Waals surface area contributed by atoms with E-state index in [1.54, 1.807) is 6.07 Å². The van der Waals surface area contributed by atoms with Gasteiger partial charge in [-0.3, -0.25) is 0 Å². The highest BCUT2D eigenvalue weighted by Crippen LogP contribution is 2.06. The van der Waals surface area contributed by atoms with Crippen LogP contribution in [0.1, 0.15) is 0 Å². The fourth-order valence-corrected chi connectivity index (χ4v) is 0.675. The molecule has 0 heterocycles. The van der Waals surface area contributed by atoms with Crippen molar-refractivity contribution in [2.75, 3.05) is 5.94 Å². The molecule has 0 aliphatic heterocycles. The van der Waals surface area contributed by atoms with Gasteiger partial charge in [-0.05, 0) is 6.07 Å². The number of thiol groups is 1. The number of benzene rings is 1. The molecule has 0 amide bonds. The molecule has 0 aromatic heterocycles. The van der Waals surface area contributed by atoms with E-state index in [1.807, 2.05) is 18.2 Å². The average Bonchev–Trinajstić information content (AvgIpc) is 1.91. The SMILES string of the molecule is SCOc1[c]cccc1. The van der Waals surface area contributed by atoms with E-state index in [9.17, 15) is 0 Å². The topological polar surface area (TPSA) is 9.23 Å². The Kier molecular flexibility index (Phi) is 2.46. The molecule has 1 radical (unpaired) electrons. The lowest BCUT2D eigenvalue weighted by atomic mass is 10.3. The summed E-state index contributed by atoms with van der Waals surface area (Å²) < 4.78 is 5.01. The van der Waals surface area contributed by atoms with Gasteiger partial charge in [0.05, 0.1) is 0 Å². The van der Waals surface area contributed by atoms with Gasteiger partial charge >= 0.3 is 0 Å². The Morgan fingerprint density at radius 1 is 1.56 bits per heavy atom. The number of rotatable bonds is 2. The van der Waals surface area contributed by atoms with Gasteiger partial charge in [0, 0.05) is 6.07 Å². The molecule has 1 aromatic rings. The first-order chi connectivity index (χ1) is 4.43. The predicted octanol–water partition coefficient (Wildman–Crippen LogP) is 1.75. The Bertz CT molecular complexity index is 162. The molecule has 0 unspecified atom stereocenters. The maximum atomic E-state index is 5.01. The summed E-state index contributed by atoms with van der Waals surface area (Å²) in [6.45, 7) is 0. The zero-order chi connectivity index (χ0) is 6.53. The van der Waals surface area contributed by atoms with Crippen LogP contribution in [-0.2, 0) is 0 Å². The minimum atomic E-state index is 0.403. The summed E-state index contributed by atoms with van der Waals surface area (Å²) in [5, 5.41) is 0. The van der Waals surface area contributed by atoms with E-state index in [0.29, 0.717) is 5.94 Å². The van der Waals surface area contributed by atoms with Crippen LogP contribution in [-0.4, -0.2) is 5.94 Å². The molecule has 0 aliphatic rings. The summed E-state index contributed by atoms with van der Waals surface area (Å²) in [5.74, 6) is 1.15. The van der Waals surface area contributed by atoms with Crippen molar-refractivity contribution >= 4 is 12.6 Å². The molecule has 1 rings (SSSR count). The van der Waals surface area contributed by atoms with Crippen molar-refractivity contribution in [1.29, 1.82) is 0 Å². The van der Waals surface area contributed by atoms with Gasteiger partial charge in [0.25, 0.3) is 0 Å². The largest absolute Gasteiger partial charge is 0.483 e. The van der Waals surface area contributed by atoms with Gasteiger partial charge in [-0.2, -0.15) is 0 Å².